The summed E-state index contributed by atoms with van der Waals surface area (Å²) >= 11 is 0. The first-order valence-electron chi connectivity index (χ1n) is 33.8. The van der Waals surface area contributed by atoms with Gasteiger partial charge in [-0.25, -0.2) is 0 Å². The summed E-state index contributed by atoms with van der Waals surface area (Å²) in [6.07, 6.45) is 42.8. The summed E-state index contributed by atoms with van der Waals surface area (Å²) in [6, 6.07) is -0.823. The average molecular weight is 1130 g/mol. The second kappa shape index (κ2) is 51.4. The molecule has 1 amide bonds. The lowest BCUT2D eigenvalue weighted by Gasteiger charge is -2.46. The van der Waals surface area contributed by atoms with Gasteiger partial charge in [0.2, 0.25) is 5.91 Å². The third-order valence-corrected chi connectivity index (χ3v) is 17.1. The molecule has 0 aliphatic carbocycles. The van der Waals surface area contributed by atoms with E-state index in [2.05, 4.69) is 19.2 Å². The topological polar surface area (TPSA) is 228 Å². The van der Waals surface area contributed by atoms with Gasteiger partial charge in [-0.05, 0) is 12.8 Å². The number of amides is 1. The Kier molecular flexibility index (Phi) is 48.2. The van der Waals surface area contributed by atoms with Crippen molar-refractivity contribution in [2.75, 3.05) is 19.8 Å². The van der Waals surface area contributed by atoms with Gasteiger partial charge in [-0.1, -0.05) is 296 Å². The van der Waals surface area contributed by atoms with E-state index in [0.29, 0.717) is 12.8 Å². The van der Waals surface area contributed by atoms with E-state index in [0.717, 1.165) is 51.4 Å². The Hall–Kier alpha value is -1.01. The standard InChI is InChI=1S/C65H127NO13/c1-3-5-7-9-11-13-15-17-18-19-20-21-22-23-24-25-26-27-28-29-30-31-32-33-34-35-37-38-40-42-44-46-48-54(69)53(66-57(70)49-47-45-43-41-39-36-16-14-12-10-8-6-4-2)52-76-64-62(75)60(73)63(56(51-68)78-64)79-65-61(74)59(72)58(71)55(50-67)77-65/h53-56,58-65,67-69,71-75H,3-52H2,1-2H3,(H,66,70). The van der Waals surface area contributed by atoms with Gasteiger partial charge in [0.15, 0.2) is 12.6 Å². The van der Waals surface area contributed by atoms with Crippen LogP contribution in [0.1, 0.15) is 316 Å². The maximum atomic E-state index is 13.3. The van der Waals surface area contributed by atoms with Crippen molar-refractivity contribution < 1.29 is 64.6 Å². The van der Waals surface area contributed by atoms with Gasteiger partial charge >= 0.3 is 0 Å². The molecule has 2 aliphatic heterocycles. The van der Waals surface area contributed by atoms with E-state index in [1.54, 1.807) is 0 Å². The molecule has 2 rings (SSSR count). The number of nitrogens with one attached hydrogen (secondary N) is 1. The maximum Gasteiger partial charge on any atom is 0.220 e. The SMILES string of the molecule is CCCCCCCCCCCCCCCCCCCCCCCCCCCCCCCCCCC(O)C(COC1OC(CO)C(OC2OC(CO)C(O)C(O)C2O)C(O)C1O)NC(=O)CCCCCCCCCCCCCCC. The second-order valence-electron chi connectivity index (χ2n) is 24.3. The minimum Gasteiger partial charge on any atom is -0.394 e. The zero-order valence-corrected chi connectivity index (χ0v) is 50.9. The highest BCUT2D eigenvalue weighted by molar-refractivity contribution is 5.76. The van der Waals surface area contributed by atoms with Crippen LogP contribution in [0.15, 0.2) is 0 Å². The highest BCUT2D eigenvalue weighted by Gasteiger charge is 2.51. The Balaban J connectivity index is 1.61. The summed E-state index contributed by atoms with van der Waals surface area (Å²) in [6.45, 7) is 2.90. The van der Waals surface area contributed by atoms with Crippen LogP contribution in [-0.4, -0.2) is 140 Å². The van der Waals surface area contributed by atoms with Crippen molar-refractivity contribution in [3.8, 4) is 0 Å². The fourth-order valence-corrected chi connectivity index (χ4v) is 11.7. The van der Waals surface area contributed by atoms with Crippen molar-refractivity contribution in [2.45, 2.75) is 389 Å². The molecule has 12 unspecified atom stereocenters. The summed E-state index contributed by atoms with van der Waals surface area (Å²) in [4.78, 5) is 13.3. The summed E-state index contributed by atoms with van der Waals surface area (Å²) in [7, 11) is 0. The van der Waals surface area contributed by atoms with Gasteiger partial charge in [-0.3, -0.25) is 4.79 Å². The summed E-state index contributed by atoms with van der Waals surface area (Å²) < 4.78 is 22.9. The van der Waals surface area contributed by atoms with Crippen molar-refractivity contribution >= 4 is 5.91 Å². The van der Waals surface area contributed by atoms with Crippen LogP contribution in [-0.2, 0) is 23.7 Å². The number of ether oxygens (including phenoxy) is 4. The molecule has 0 saturated carbocycles. The summed E-state index contributed by atoms with van der Waals surface area (Å²) in [5.74, 6) is -0.201. The molecule has 9 N–H and O–H groups in total. The third kappa shape index (κ3) is 36.4. The first-order valence-corrected chi connectivity index (χ1v) is 33.8. The van der Waals surface area contributed by atoms with E-state index in [1.165, 1.54) is 238 Å². The molecular weight excluding hydrogens is 1000 g/mol. The van der Waals surface area contributed by atoms with Gasteiger partial charge in [0, 0.05) is 6.42 Å². The average Bonchev–Trinajstić information content (AvgIpc) is 3.53. The molecule has 0 spiro atoms. The van der Waals surface area contributed by atoms with E-state index >= 15 is 0 Å². The Morgan fingerprint density at radius 1 is 0.405 bits per heavy atom. The minimum absolute atomic E-state index is 0.201. The van der Waals surface area contributed by atoms with Crippen molar-refractivity contribution in [1.82, 2.24) is 5.32 Å². The molecule has 14 heteroatoms. The van der Waals surface area contributed by atoms with Crippen LogP contribution < -0.4 is 5.32 Å². The van der Waals surface area contributed by atoms with Gasteiger partial charge in [0.25, 0.3) is 0 Å². The Morgan fingerprint density at radius 3 is 1.08 bits per heavy atom. The van der Waals surface area contributed by atoms with E-state index < -0.39 is 86.8 Å². The molecule has 2 fully saturated rings. The molecule has 2 heterocycles. The molecule has 2 saturated heterocycles. The maximum absolute atomic E-state index is 13.3. The normalized spacial score (nSPS) is 24.3. The third-order valence-electron chi connectivity index (χ3n) is 17.1. The lowest BCUT2D eigenvalue weighted by molar-refractivity contribution is -0.359. The van der Waals surface area contributed by atoms with Crippen molar-refractivity contribution in [1.29, 1.82) is 0 Å². The monoisotopic (exact) mass is 1130 g/mol. The van der Waals surface area contributed by atoms with E-state index in [4.69, 9.17) is 18.9 Å². The quantitative estimate of drug-likeness (QED) is 0.0259. The zero-order chi connectivity index (χ0) is 57.4. The van der Waals surface area contributed by atoms with Gasteiger partial charge in [-0.2, -0.15) is 0 Å². The van der Waals surface area contributed by atoms with Crippen LogP contribution in [0.25, 0.3) is 0 Å². The van der Waals surface area contributed by atoms with Gasteiger partial charge in [0.05, 0.1) is 32.0 Å². The zero-order valence-electron chi connectivity index (χ0n) is 50.9. The number of carbonyl (C=O) groups excluding carboxylic acids is 1. The van der Waals surface area contributed by atoms with Gasteiger partial charge < -0.3 is 65.1 Å². The molecule has 0 radical (unpaired) electrons. The number of rotatable bonds is 56. The fourth-order valence-electron chi connectivity index (χ4n) is 11.7. The molecular formula is C65H127NO13. The molecule has 2 aliphatic rings. The lowest BCUT2D eigenvalue weighted by Crippen LogP contribution is -2.65. The number of hydrogen-bond acceptors (Lipinski definition) is 13. The van der Waals surface area contributed by atoms with Crippen LogP contribution >= 0.6 is 0 Å². The van der Waals surface area contributed by atoms with Gasteiger partial charge in [-0.15, -0.1) is 0 Å². The van der Waals surface area contributed by atoms with E-state index in [9.17, 15) is 45.6 Å². The van der Waals surface area contributed by atoms with E-state index in [1.807, 2.05) is 0 Å². The van der Waals surface area contributed by atoms with E-state index in [-0.39, 0.29) is 12.5 Å². The highest BCUT2D eigenvalue weighted by atomic mass is 16.7. The highest BCUT2D eigenvalue weighted by Crippen LogP contribution is 2.30. The Labute approximate surface area is 483 Å². The molecule has 0 aromatic carbocycles. The fraction of sp³-hybridized carbons (Fsp3) is 0.985. The number of hydrogen-bond donors (Lipinski definition) is 9. The number of aliphatic hydroxyl groups is 8. The second-order valence-corrected chi connectivity index (χ2v) is 24.3. The Morgan fingerprint density at radius 2 is 0.722 bits per heavy atom. The summed E-state index contributed by atoms with van der Waals surface area (Å²) in [5, 5.41) is 87.4. The first kappa shape index (κ1) is 74.1. The first-order chi connectivity index (χ1) is 38.6. The summed E-state index contributed by atoms with van der Waals surface area (Å²) in [5.41, 5.74) is 0. The molecule has 0 aromatic heterocycles. The van der Waals surface area contributed by atoms with Crippen LogP contribution in [0.2, 0.25) is 0 Å². The van der Waals surface area contributed by atoms with Crippen LogP contribution in [0.3, 0.4) is 0 Å². The predicted molar refractivity (Wildman–Crippen MR) is 319 cm³/mol. The molecule has 0 bridgehead atoms. The largest absolute Gasteiger partial charge is 0.394 e. The lowest BCUT2D eigenvalue weighted by atomic mass is 9.97. The molecule has 12 atom stereocenters. The van der Waals surface area contributed by atoms with Crippen molar-refractivity contribution in [2.24, 2.45) is 0 Å². The molecule has 14 nitrogen and oxygen atoms in total. The van der Waals surface area contributed by atoms with Crippen LogP contribution in [0.5, 0.6) is 0 Å². The smallest absolute Gasteiger partial charge is 0.220 e. The number of aliphatic hydroxyl groups excluding tert-OH is 8. The van der Waals surface area contributed by atoms with Gasteiger partial charge in [0.1, 0.15) is 48.8 Å². The van der Waals surface area contributed by atoms with Crippen molar-refractivity contribution in [3.63, 3.8) is 0 Å². The predicted octanol–water partition coefficient (Wildman–Crippen LogP) is 12.8. The number of carbonyl (C=O) groups is 1. The van der Waals surface area contributed by atoms with Crippen LogP contribution in [0, 0.1) is 0 Å². The Bertz CT molecular complexity index is 1330. The number of unbranched alkanes of at least 4 members (excludes halogenated alkanes) is 43. The minimum atomic E-state index is -1.78. The van der Waals surface area contributed by atoms with Crippen molar-refractivity contribution in [3.05, 3.63) is 0 Å². The molecule has 79 heavy (non-hydrogen) atoms. The van der Waals surface area contributed by atoms with Crippen LogP contribution in [0.4, 0.5) is 0 Å². The molecule has 470 valence electrons. The molecule has 0 aromatic rings.